The summed E-state index contributed by atoms with van der Waals surface area (Å²) in [4.78, 5) is 37.7. The summed E-state index contributed by atoms with van der Waals surface area (Å²) in [6.45, 7) is 1.80. The predicted molar refractivity (Wildman–Crippen MR) is 102 cm³/mol. The molecule has 1 aromatic heterocycles. The van der Waals surface area contributed by atoms with Crippen molar-refractivity contribution in [1.29, 1.82) is 0 Å². The predicted octanol–water partition coefficient (Wildman–Crippen LogP) is 0.380. The smallest absolute Gasteiger partial charge is 0.341 e. The maximum atomic E-state index is 15.8. The number of nitrogens with zero attached hydrogens (tertiary/aromatic N) is 1. The van der Waals surface area contributed by atoms with Crippen LogP contribution in [0.25, 0.3) is 0 Å². The van der Waals surface area contributed by atoms with Crippen molar-refractivity contribution in [1.82, 2.24) is 9.55 Å². The van der Waals surface area contributed by atoms with E-state index >= 15 is 4.39 Å². The van der Waals surface area contributed by atoms with Crippen LogP contribution in [0.15, 0.2) is 46.1 Å². The van der Waals surface area contributed by atoms with Gasteiger partial charge in [0.1, 0.15) is 10.2 Å². The molecule has 0 radical (unpaired) electrons. The van der Waals surface area contributed by atoms with Gasteiger partial charge < -0.3 is 19.7 Å². The summed E-state index contributed by atoms with van der Waals surface area (Å²) in [6, 6.07) is 6.99. The van der Waals surface area contributed by atoms with Crippen molar-refractivity contribution in [3.05, 3.63) is 68.5 Å². The van der Waals surface area contributed by atoms with Gasteiger partial charge in [0.15, 0.2) is 6.10 Å². The Labute approximate surface area is 170 Å². The number of aliphatic hydroxyl groups is 2. The zero-order chi connectivity index (χ0) is 20.6. The Hall–Kier alpha value is -2.09. The lowest BCUT2D eigenvalue weighted by Crippen LogP contribution is -2.49. The maximum Gasteiger partial charge on any atom is 0.341 e. The second-order valence-electron chi connectivity index (χ2n) is 6.24. The fraction of sp³-hybridized carbons (Fsp3) is 0.353. The van der Waals surface area contributed by atoms with E-state index in [0.29, 0.717) is 4.57 Å². The number of rotatable bonds is 4. The molecule has 0 spiro atoms. The van der Waals surface area contributed by atoms with Gasteiger partial charge in [-0.1, -0.05) is 17.7 Å². The van der Waals surface area contributed by atoms with Crippen LogP contribution in [0.5, 0.6) is 0 Å². The number of ether oxygens (including phenoxy) is 2. The lowest BCUT2D eigenvalue weighted by molar-refractivity contribution is -0.198. The van der Waals surface area contributed by atoms with Gasteiger partial charge >= 0.3 is 17.5 Å². The molecule has 3 rings (SSSR count). The monoisotopic (exact) mass is 506 g/mol. The van der Waals surface area contributed by atoms with E-state index in [4.69, 9.17) is 9.47 Å². The van der Waals surface area contributed by atoms with Crippen molar-refractivity contribution >= 4 is 28.6 Å². The molecule has 28 heavy (non-hydrogen) atoms. The highest BCUT2D eigenvalue weighted by Gasteiger charge is 2.63. The molecule has 0 bridgehead atoms. The zero-order valence-electron chi connectivity index (χ0n) is 14.4. The molecule has 1 aromatic carbocycles. The van der Waals surface area contributed by atoms with E-state index in [2.05, 4.69) is 0 Å². The molecule has 1 unspecified atom stereocenters. The quantitative estimate of drug-likeness (QED) is 0.311. The highest BCUT2D eigenvalue weighted by atomic mass is 127. The number of aryl methyl sites for hydroxylation is 1. The Bertz CT molecular complexity index is 990. The van der Waals surface area contributed by atoms with Crippen molar-refractivity contribution < 1.29 is 28.9 Å². The standard InChI is InChI=1S/C17H16FIN2O7/c1-8-2-4-9(5-3-8)14(25)28-17(18)12(23)11(13(19)24)27-15(17)21-7-6-10(22)20-16(21)26/h2-7,11-13,15,23-24H,1H3,(H,20,22,26)/t11-,12+,13?,15+,17+/m0/s1. The van der Waals surface area contributed by atoms with Crippen LogP contribution in [0.3, 0.4) is 0 Å². The molecule has 2 aromatic rings. The van der Waals surface area contributed by atoms with E-state index in [1.165, 1.54) is 34.7 Å². The molecule has 0 aliphatic carbocycles. The molecule has 1 aliphatic rings. The summed E-state index contributed by atoms with van der Waals surface area (Å²) in [7, 11) is 0. The molecule has 3 N–H and O–H groups in total. The van der Waals surface area contributed by atoms with Crippen LogP contribution in [-0.2, 0) is 9.47 Å². The highest BCUT2D eigenvalue weighted by molar-refractivity contribution is 14.1. The fourth-order valence-corrected chi connectivity index (χ4v) is 3.33. The van der Waals surface area contributed by atoms with Gasteiger partial charge in [-0.2, -0.15) is 4.39 Å². The molecule has 0 saturated carbocycles. The second-order valence-corrected chi connectivity index (χ2v) is 7.52. The molecule has 5 atom stereocenters. The van der Waals surface area contributed by atoms with Crippen molar-refractivity contribution in [2.24, 2.45) is 0 Å². The van der Waals surface area contributed by atoms with Gasteiger partial charge in [0.25, 0.3) is 5.56 Å². The number of H-pyrrole nitrogens is 1. The van der Waals surface area contributed by atoms with E-state index in [-0.39, 0.29) is 5.56 Å². The molecule has 9 nitrogen and oxygen atoms in total. The summed E-state index contributed by atoms with van der Waals surface area (Å²) in [5.41, 5.74) is -0.893. The molecule has 11 heteroatoms. The van der Waals surface area contributed by atoms with Gasteiger partial charge in [0.05, 0.1) is 5.56 Å². The van der Waals surface area contributed by atoms with Crippen LogP contribution in [0.2, 0.25) is 0 Å². The SMILES string of the molecule is Cc1ccc(C(=O)O[C@]2(F)[C@H](O)[C@@H](C(O)I)O[C@H]2n2ccc(=O)[nH]c2=O)cc1. The number of halogens is 2. The molecule has 1 fully saturated rings. The van der Waals surface area contributed by atoms with Crippen LogP contribution in [0.4, 0.5) is 4.39 Å². The largest absolute Gasteiger partial charge is 0.417 e. The third-order valence-electron chi connectivity index (χ3n) is 4.25. The van der Waals surface area contributed by atoms with Crippen LogP contribution >= 0.6 is 22.6 Å². The number of hydrogen-bond acceptors (Lipinski definition) is 7. The number of aromatic nitrogens is 2. The van der Waals surface area contributed by atoms with Gasteiger partial charge in [0.2, 0.25) is 6.23 Å². The van der Waals surface area contributed by atoms with Gasteiger partial charge in [-0.15, -0.1) is 0 Å². The number of carbonyl (C=O) groups is 1. The second kappa shape index (κ2) is 7.73. The Morgan fingerprint density at radius 2 is 2.00 bits per heavy atom. The van der Waals surface area contributed by atoms with Gasteiger partial charge in [-0.3, -0.25) is 14.3 Å². The van der Waals surface area contributed by atoms with E-state index < -0.39 is 45.6 Å². The Morgan fingerprint density at radius 3 is 2.57 bits per heavy atom. The summed E-state index contributed by atoms with van der Waals surface area (Å²) in [6.07, 6.45) is -4.59. The average Bonchev–Trinajstić information content (AvgIpc) is 2.87. The minimum atomic E-state index is -3.21. The van der Waals surface area contributed by atoms with Crippen LogP contribution in [0, 0.1) is 6.92 Å². The number of esters is 1. The number of alkyl halides is 2. The lowest BCUT2D eigenvalue weighted by atomic mass is 10.1. The first-order valence-corrected chi connectivity index (χ1v) is 9.34. The number of hydrogen-bond donors (Lipinski definition) is 3. The van der Waals surface area contributed by atoms with Crippen LogP contribution in [0.1, 0.15) is 22.1 Å². The minimum Gasteiger partial charge on any atom is -0.417 e. The third kappa shape index (κ3) is 3.74. The van der Waals surface area contributed by atoms with E-state index in [1.54, 1.807) is 19.1 Å². The molecular weight excluding hydrogens is 490 g/mol. The van der Waals surface area contributed by atoms with Crippen molar-refractivity contribution in [2.45, 2.75) is 35.3 Å². The van der Waals surface area contributed by atoms with Crippen LogP contribution in [-0.4, -0.2) is 47.9 Å². The average molecular weight is 506 g/mol. The first-order chi connectivity index (χ1) is 13.1. The number of benzene rings is 1. The Balaban J connectivity index is 2.01. The number of carbonyl (C=O) groups excluding carboxylic acids is 1. The third-order valence-corrected chi connectivity index (χ3v) is 4.96. The molecule has 150 valence electrons. The van der Waals surface area contributed by atoms with Gasteiger partial charge in [0, 0.05) is 12.3 Å². The summed E-state index contributed by atoms with van der Waals surface area (Å²) in [5.74, 6) is -4.31. The molecule has 1 aliphatic heterocycles. The van der Waals surface area contributed by atoms with Crippen molar-refractivity contribution in [3.8, 4) is 0 Å². The van der Waals surface area contributed by atoms with E-state index in [1.807, 2.05) is 4.98 Å². The van der Waals surface area contributed by atoms with Crippen molar-refractivity contribution in [3.63, 3.8) is 0 Å². The van der Waals surface area contributed by atoms with Crippen molar-refractivity contribution in [2.75, 3.05) is 0 Å². The zero-order valence-corrected chi connectivity index (χ0v) is 16.6. The van der Waals surface area contributed by atoms with Gasteiger partial charge in [-0.25, -0.2) is 9.59 Å². The molecule has 2 heterocycles. The topological polar surface area (TPSA) is 131 Å². The first-order valence-electron chi connectivity index (χ1n) is 8.09. The molecular formula is C17H16FIN2O7. The van der Waals surface area contributed by atoms with Crippen LogP contribution < -0.4 is 11.2 Å². The summed E-state index contributed by atoms with van der Waals surface area (Å²) < 4.78 is 25.3. The number of aromatic amines is 1. The van der Waals surface area contributed by atoms with E-state index in [9.17, 15) is 24.6 Å². The highest BCUT2D eigenvalue weighted by Crippen LogP contribution is 2.44. The Kier molecular flexibility index (Phi) is 5.70. The first kappa shape index (κ1) is 20.6. The number of aliphatic hydroxyl groups excluding tert-OH is 2. The number of nitrogens with one attached hydrogen (secondary N) is 1. The summed E-state index contributed by atoms with van der Waals surface area (Å²) in [5, 5.41) is 20.1. The van der Waals surface area contributed by atoms with Gasteiger partial charge in [-0.05, 0) is 41.6 Å². The fourth-order valence-electron chi connectivity index (χ4n) is 2.77. The Morgan fingerprint density at radius 1 is 1.36 bits per heavy atom. The normalized spacial score (nSPS) is 28.1. The minimum absolute atomic E-state index is 0.0147. The molecule has 0 amide bonds. The molecule has 1 saturated heterocycles. The maximum absolute atomic E-state index is 15.8. The van der Waals surface area contributed by atoms with E-state index in [0.717, 1.165) is 17.8 Å². The lowest BCUT2D eigenvalue weighted by Gasteiger charge is -2.28. The summed E-state index contributed by atoms with van der Waals surface area (Å²) >= 11 is 1.49.